The molecule has 0 spiro atoms. The van der Waals surface area contributed by atoms with Crippen LogP contribution < -0.4 is 19.3 Å². The van der Waals surface area contributed by atoms with Crippen molar-refractivity contribution >= 4 is 23.2 Å². The first kappa shape index (κ1) is 20.2. The quantitative estimate of drug-likeness (QED) is 0.701. The lowest BCUT2D eigenvalue weighted by atomic mass is 10.1. The highest BCUT2D eigenvalue weighted by Gasteiger charge is 2.44. The number of piperazine rings is 1. The summed E-state index contributed by atoms with van der Waals surface area (Å²) in [7, 11) is 3.03. The lowest BCUT2D eigenvalue weighted by Gasteiger charge is -2.38. The minimum atomic E-state index is -0.521. The number of hydrogen-bond acceptors (Lipinski definition) is 6. The number of benzene rings is 2. The summed E-state index contributed by atoms with van der Waals surface area (Å²) < 4.78 is 24.6. The van der Waals surface area contributed by atoms with E-state index < -0.39 is 6.04 Å². The van der Waals surface area contributed by atoms with E-state index in [0.717, 1.165) is 0 Å². The van der Waals surface area contributed by atoms with Gasteiger partial charge in [-0.05, 0) is 24.3 Å². The fourth-order valence-electron chi connectivity index (χ4n) is 4.11. The zero-order valence-electron chi connectivity index (χ0n) is 17.0. The average molecular weight is 413 g/mol. The molecule has 30 heavy (non-hydrogen) atoms. The summed E-state index contributed by atoms with van der Waals surface area (Å²) in [5.41, 5.74) is 0.983. The smallest absolute Gasteiger partial charge is 0.251 e. The van der Waals surface area contributed by atoms with Crippen LogP contribution in [0.2, 0.25) is 0 Å². The first-order chi connectivity index (χ1) is 14.5. The number of halogens is 1. The number of imide groups is 1. The Morgan fingerprint density at radius 1 is 0.933 bits per heavy atom. The molecular weight excluding hydrogens is 389 g/mol. The number of rotatable bonds is 5. The van der Waals surface area contributed by atoms with Crippen LogP contribution in [0.15, 0.2) is 42.5 Å². The molecule has 2 heterocycles. The van der Waals surface area contributed by atoms with Crippen LogP contribution in [0.4, 0.5) is 15.8 Å². The highest BCUT2D eigenvalue weighted by Crippen LogP contribution is 2.36. The normalized spacial score (nSPS) is 20.0. The minimum Gasteiger partial charge on any atom is -0.497 e. The van der Waals surface area contributed by atoms with Crippen molar-refractivity contribution in [1.82, 2.24) is 4.90 Å². The van der Waals surface area contributed by atoms with Crippen LogP contribution in [-0.2, 0) is 9.59 Å². The van der Waals surface area contributed by atoms with Gasteiger partial charge in [0.1, 0.15) is 17.3 Å². The van der Waals surface area contributed by atoms with Gasteiger partial charge < -0.3 is 14.4 Å². The molecule has 0 unspecified atom stereocenters. The zero-order valence-corrected chi connectivity index (χ0v) is 17.0. The lowest BCUT2D eigenvalue weighted by Crippen LogP contribution is -2.52. The Kier molecular flexibility index (Phi) is 5.59. The van der Waals surface area contributed by atoms with Crippen molar-refractivity contribution in [3.8, 4) is 11.5 Å². The molecule has 2 aliphatic rings. The maximum absolute atomic E-state index is 14.1. The van der Waals surface area contributed by atoms with E-state index in [1.54, 1.807) is 30.3 Å². The number of anilines is 2. The van der Waals surface area contributed by atoms with E-state index in [-0.39, 0.29) is 24.1 Å². The number of nitrogens with zero attached hydrogens (tertiary/aromatic N) is 3. The summed E-state index contributed by atoms with van der Waals surface area (Å²) in [5, 5.41) is 0. The highest BCUT2D eigenvalue weighted by atomic mass is 19.1. The predicted octanol–water partition coefficient (Wildman–Crippen LogP) is 2.30. The molecule has 2 aromatic carbocycles. The monoisotopic (exact) mass is 413 g/mol. The van der Waals surface area contributed by atoms with Crippen LogP contribution in [-0.4, -0.2) is 63.2 Å². The van der Waals surface area contributed by atoms with E-state index in [1.807, 2.05) is 15.9 Å². The third kappa shape index (κ3) is 3.59. The Hall–Kier alpha value is -3.13. The molecule has 1 atom stereocenters. The number of hydrogen-bond donors (Lipinski definition) is 0. The van der Waals surface area contributed by atoms with Crippen LogP contribution in [0.25, 0.3) is 0 Å². The molecule has 4 rings (SSSR count). The molecule has 0 radical (unpaired) electrons. The highest BCUT2D eigenvalue weighted by molar-refractivity contribution is 6.23. The zero-order chi connectivity index (χ0) is 21.3. The molecule has 0 saturated carbocycles. The van der Waals surface area contributed by atoms with Gasteiger partial charge in [0, 0.05) is 32.2 Å². The van der Waals surface area contributed by atoms with Crippen molar-refractivity contribution in [1.29, 1.82) is 0 Å². The van der Waals surface area contributed by atoms with Crippen molar-refractivity contribution in [3.05, 3.63) is 48.3 Å². The summed E-state index contributed by atoms with van der Waals surface area (Å²) in [4.78, 5) is 31.0. The molecule has 0 bridgehead atoms. The Morgan fingerprint density at radius 3 is 2.33 bits per heavy atom. The lowest BCUT2D eigenvalue weighted by molar-refractivity contribution is -0.123. The van der Waals surface area contributed by atoms with Crippen molar-refractivity contribution in [3.63, 3.8) is 0 Å². The van der Waals surface area contributed by atoms with Gasteiger partial charge in [-0.2, -0.15) is 0 Å². The van der Waals surface area contributed by atoms with Gasteiger partial charge in [-0.1, -0.05) is 12.1 Å². The maximum Gasteiger partial charge on any atom is 0.251 e. The van der Waals surface area contributed by atoms with Crippen LogP contribution in [0.1, 0.15) is 6.42 Å². The fourth-order valence-corrected chi connectivity index (χ4v) is 4.11. The van der Waals surface area contributed by atoms with E-state index >= 15 is 0 Å². The average Bonchev–Trinajstić information content (AvgIpc) is 3.07. The summed E-state index contributed by atoms with van der Waals surface area (Å²) >= 11 is 0. The molecule has 8 heteroatoms. The van der Waals surface area contributed by atoms with E-state index in [1.165, 1.54) is 25.2 Å². The summed E-state index contributed by atoms with van der Waals surface area (Å²) in [6.45, 7) is 2.33. The molecule has 0 aromatic heterocycles. The van der Waals surface area contributed by atoms with E-state index in [9.17, 15) is 14.0 Å². The number of carbonyl (C=O) groups excluding carboxylic acids is 2. The maximum atomic E-state index is 14.1. The molecule has 2 aromatic rings. The van der Waals surface area contributed by atoms with Crippen molar-refractivity contribution in [2.45, 2.75) is 12.5 Å². The van der Waals surface area contributed by atoms with Crippen LogP contribution >= 0.6 is 0 Å². The van der Waals surface area contributed by atoms with Gasteiger partial charge in [0.25, 0.3) is 5.91 Å². The van der Waals surface area contributed by atoms with E-state index in [4.69, 9.17) is 9.47 Å². The Labute approximate surface area is 174 Å². The molecule has 7 nitrogen and oxygen atoms in total. The predicted molar refractivity (Wildman–Crippen MR) is 111 cm³/mol. The second kappa shape index (κ2) is 8.31. The number of ether oxygens (including phenoxy) is 2. The van der Waals surface area contributed by atoms with Gasteiger partial charge in [-0.3, -0.25) is 14.5 Å². The Morgan fingerprint density at radius 2 is 1.67 bits per heavy atom. The standard InChI is InChI=1S/C22H24FN3O4/c1-29-15-7-8-18(20(13-15)30-2)26-21(27)14-19(22(26)28)25-11-9-24(10-12-25)17-6-4-3-5-16(17)23/h3-8,13,19H,9-12,14H2,1-2H3/t19-/m1/s1. The Bertz CT molecular complexity index is 959. The summed E-state index contributed by atoms with van der Waals surface area (Å²) in [6, 6.07) is 11.2. The summed E-state index contributed by atoms with van der Waals surface area (Å²) in [5.74, 6) is 0.209. The van der Waals surface area contributed by atoms with E-state index in [2.05, 4.69) is 0 Å². The van der Waals surface area contributed by atoms with Crippen molar-refractivity contribution in [2.24, 2.45) is 0 Å². The topological polar surface area (TPSA) is 62.3 Å². The van der Waals surface area contributed by atoms with Crippen LogP contribution in [0.5, 0.6) is 11.5 Å². The number of carbonyl (C=O) groups is 2. The first-order valence-corrected chi connectivity index (χ1v) is 9.86. The number of para-hydroxylation sites is 1. The van der Waals surface area contributed by atoms with Crippen molar-refractivity contribution in [2.75, 3.05) is 50.2 Å². The fraction of sp³-hybridized carbons (Fsp3) is 0.364. The second-order valence-corrected chi connectivity index (χ2v) is 7.30. The van der Waals surface area contributed by atoms with Gasteiger partial charge in [0.15, 0.2) is 0 Å². The summed E-state index contributed by atoms with van der Waals surface area (Å²) in [6.07, 6.45) is 0.119. The number of amides is 2. The van der Waals surface area contributed by atoms with Crippen molar-refractivity contribution < 1.29 is 23.5 Å². The minimum absolute atomic E-state index is 0.119. The van der Waals surface area contributed by atoms with Gasteiger partial charge in [-0.25, -0.2) is 9.29 Å². The van der Waals surface area contributed by atoms with E-state index in [0.29, 0.717) is 49.1 Å². The molecule has 2 aliphatic heterocycles. The molecule has 158 valence electrons. The first-order valence-electron chi connectivity index (χ1n) is 9.86. The second-order valence-electron chi connectivity index (χ2n) is 7.30. The van der Waals surface area contributed by atoms with Gasteiger partial charge >= 0.3 is 0 Å². The molecule has 0 N–H and O–H groups in total. The van der Waals surface area contributed by atoms with Crippen LogP contribution in [0.3, 0.4) is 0 Å². The van der Waals surface area contributed by atoms with Crippen LogP contribution in [0, 0.1) is 5.82 Å². The molecular formula is C22H24FN3O4. The molecule has 0 aliphatic carbocycles. The SMILES string of the molecule is COc1ccc(N2C(=O)C[C@@H](N3CCN(c4ccccc4F)CC3)C2=O)c(OC)c1. The number of methoxy groups -OCH3 is 2. The largest absolute Gasteiger partial charge is 0.497 e. The molecule has 2 amide bonds. The third-order valence-electron chi connectivity index (χ3n) is 5.70. The van der Waals surface area contributed by atoms with Gasteiger partial charge in [0.2, 0.25) is 5.91 Å². The molecule has 2 saturated heterocycles. The Balaban J connectivity index is 1.48. The van der Waals surface area contributed by atoms with Gasteiger partial charge in [0.05, 0.1) is 38.1 Å². The third-order valence-corrected chi connectivity index (χ3v) is 5.70. The van der Waals surface area contributed by atoms with Gasteiger partial charge in [-0.15, -0.1) is 0 Å². The molecule has 2 fully saturated rings.